The Kier molecular flexibility index (Phi) is 6.47. The molecule has 0 radical (unpaired) electrons. The predicted molar refractivity (Wildman–Crippen MR) is 91.1 cm³/mol. The number of hydrogen-bond donors (Lipinski definition) is 3. The molecular weight excluding hydrogens is 324 g/mol. The molecule has 0 atom stereocenters. The first-order valence-corrected chi connectivity index (χ1v) is 7.56. The van der Waals surface area contributed by atoms with Crippen LogP contribution in [0.15, 0.2) is 47.8 Å². The summed E-state index contributed by atoms with van der Waals surface area (Å²) in [6.07, 6.45) is 4.54. The van der Waals surface area contributed by atoms with Gasteiger partial charge in [-0.2, -0.15) is 5.10 Å². The number of amides is 2. The normalized spacial score (nSPS) is 10.4. The minimum Gasteiger partial charge on any atom is -0.504 e. The Balaban J connectivity index is 1.85. The number of hydrazone groups is 1. The third-order valence-corrected chi connectivity index (χ3v) is 3.07. The number of nitrogens with one attached hydrogen (secondary N) is 2. The van der Waals surface area contributed by atoms with Crippen molar-refractivity contribution in [3.8, 4) is 11.5 Å². The van der Waals surface area contributed by atoms with Crippen molar-refractivity contribution in [2.24, 2.45) is 5.10 Å². The van der Waals surface area contributed by atoms with Crippen LogP contribution in [0, 0.1) is 0 Å². The highest BCUT2D eigenvalue weighted by atomic mass is 16.5. The topological polar surface area (TPSA) is 113 Å². The lowest BCUT2D eigenvalue weighted by Crippen LogP contribution is -2.37. The van der Waals surface area contributed by atoms with E-state index in [1.54, 1.807) is 43.6 Å². The van der Waals surface area contributed by atoms with Crippen LogP contribution in [-0.2, 0) is 16.1 Å². The summed E-state index contributed by atoms with van der Waals surface area (Å²) in [6, 6.07) is 8.08. The molecule has 2 amide bonds. The van der Waals surface area contributed by atoms with Gasteiger partial charge in [0.25, 0.3) is 0 Å². The SMILES string of the molecule is CCOc1cc(/C=N\NC(=O)C(=O)NCc2ccncc2)ccc1O. The Labute approximate surface area is 144 Å². The van der Waals surface area contributed by atoms with Crippen molar-refractivity contribution in [1.29, 1.82) is 0 Å². The van der Waals surface area contributed by atoms with Gasteiger partial charge in [0.05, 0.1) is 12.8 Å². The van der Waals surface area contributed by atoms with E-state index in [0.29, 0.717) is 17.9 Å². The molecule has 25 heavy (non-hydrogen) atoms. The maximum atomic E-state index is 11.7. The van der Waals surface area contributed by atoms with Gasteiger partial charge in [0.2, 0.25) is 0 Å². The van der Waals surface area contributed by atoms with Crippen molar-refractivity contribution in [3.05, 3.63) is 53.9 Å². The third kappa shape index (κ3) is 5.61. The molecule has 0 aliphatic heterocycles. The third-order valence-electron chi connectivity index (χ3n) is 3.07. The van der Waals surface area contributed by atoms with Crippen molar-refractivity contribution in [3.63, 3.8) is 0 Å². The fraction of sp³-hybridized carbons (Fsp3) is 0.176. The van der Waals surface area contributed by atoms with Gasteiger partial charge in [0, 0.05) is 18.9 Å². The molecule has 0 fully saturated rings. The number of benzene rings is 1. The largest absolute Gasteiger partial charge is 0.504 e. The second kappa shape index (κ2) is 9.02. The highest BCUT2D eigenvalue weighted by molar-refractivity contribution is 6.35. The van der Waals surface area contributed by atoms with E-state index in [1.165, 1.54) is 12.3 Å². The second-order valence-electron chi connectivity index (χ2n) is 4.90. The summed E-state index contributed by atoms with van der Waals surface area (Å²) in [5, 5.41) is 15.8. The molecule has 2 aromatic rings. The van der Waals surface area contributed by atoms with Gasteiger partial charge in [0.1, 0.15) is 0 Å². The quantitative estimate of drug-likeness (QED) is 0.411. The molecule has 1 aromatic carbocycles. The highest BCUT2D eigenvalue weighted by Gasteiger charge is 2.11. The second-order valence-corrected chi connectivity index (χ2v) is 4.90. The van der Waals surface area contributed by atoms with Gasteiger partial charge >= 0.3 is 11.8 Å². The number of ether oxygens (including phenoxy) is 1. The number of hydrogen-bond acceptors (Lipinski definition) is 6. The summed E-state index contributed by atoms with van der Waals surface area (Å²) in [6.45, 7) is 2.42. The van der Waals surface area contributed by atoms with Gasteiger partial charge in [-0.05, 0) is 48.4 Å². The van der Waals surface area contributed by atoms with Gasteiger partial charge in [-0.25, -0.2) is 5.43 Å². The van der Waals surface area contributed by atoms with E-state index in [9.17, 15) is 14.7 Å². The van der Waals surface area contributed by atoms with Crippen LogP contribution < -0.4 is 15.5 Å². The summed E-state index contributed by atoms with van der Waals surface area (Å²) in [5.74, 6) is -1.35. The lowest BCUT2D eigenvalue weighted by molar-refractivity contribution is -0.139. The van der Waals surface area contributed by atoms with Crippen LogP contribution in [0.3, 0.4) is 0 Å². The van der Waals surface area contributed by atoms with Crippen LogP contribution >= 0.6 is 0 Å². The molecule has 0 bridgehead atoms. The van der Waals surface area contributed by atoms with Gasteiger partial charge < -0.3 is 15.2 Å². The minimum absolute atomic E-state index is 0.0125. The Hall–Kier alpha value is -3.42. The van der Waals surface area contributed by atoms with E-state index in [-0.39, 0.29) is 12.3 Å². The van der Waals surface area contributed by atoms with Crippen molar-refractivity contribution in [1.82, 2.24) is 15.7 Å². The van der Waals surface area contributed by atoms with Gasteiger partial charge in [-0.1, -0.05) is 0 Å². The molecule has 1 aromatic heterocycles. The Bertz CT molecular complexity index is 762. The first-order valence-electron chi connectivity index (χ1n) is 7.56. The number of carbonyl (C=O) groups excluding carboxylic acids is 2. The molecular formula is C17H18N4O4. The fourth-order valence-electron chi connectivity index (χ4n) is 1.86. The van der Waals surface area contributed by atoms with Crippen LogP contribution in [0.5, 0.6) is 11.5 Å². The zero-order valence-electron chi connectivity index (χ0n) is 13.6. The van der Waals surface area contributed by atoms with Crippen molar-refractivity contribution in [2.45, 2.75) is 13.5 Å². The minimum atomic E-state index is -0.880. The number of aromatic hydroxyl groups is 1. The van der Waals surface area contributed by atoms with Crippen LogP contribution in [-0.4, -0.2) is 34.7 Å². The van der Waals surface area contributed by atoms with E-state index in [1.807, 2.05) is 0 Å². The standard InChI is InChI=1S/C17H18N4O4/c1-2-25-15-9-13(3-4-14(15)22)11-20-21-17(24)16(23)19-10-12-5-7-18-8-6-12/h3-9,11,22H,2,10H2,1H3,(H,19,23)(H,21,24)/b20-11-. The Morgan fingerprint density at radius 3 is 2.72 bits per heavy atom. The van der Waals surface area contributed by atoms with Crippen molar-refractivity contribution in [2.75, 3.05) is 6.61 Å². The Morgan fingerprint density at radius 2 is 2.00 bits per heavy atom. The van der Waals surface area contributed by atoms with E-state index >= 15 is 0 Å². The summed E-state index contributed by atoms with van der Waals surface area (Å²) in [5.41, 5.74) is 3.56. The number of pyridine rings is 1. The molecule has 0 saturated carbocycles. The highest BCUT2D eigenvalue weighted by Crippen LogP contribution is 2.26. The molecule has 0 spiro atoms. The van der Waals surface area contributed by atoms with E-state index in [4.69, 9.17) is 4.74 Å². The molecule has 8 nitrogen and oxygen atoms in total. The molecule has 0 unspecified atom stereocenters. The molecule has 0 aliphatic rings. The van der Waals surface area contributed by atoms with Crippen LogP contribution in [0.2, 0.25) is 0 Å². The summed E-state index contributed by atoms with van der Waals surface area (Å²) in [7, 11) is 0. The monoisotopic (exact) mass is 342 g/mol. The molecule has 1 heterocycles. The zero-order valence-corrected chi connectivity index (χ0v) is 13.6. The number of nitrogens with zero attached hydrogens (tertiary/aromatic N) is 2. The number of carbonyl (C=O) groups is 2. The van der Waals surface area contributed by atoms with E-state index in [2.05, 4.69) is 20.8 Å². The zero-order chi connectivity index (χ0) is 18.1. The van der Waals surface area contributed by atoms with Gasteiger partial charge in [-0.3, -0.25) is 14.6 Å². The van der Waals surface area contributed by atoms with E-state index < -0.39 is 11.8 Å². The summed E-state index contributed by atoms with van der Waals surface area (Å²) in [4.78, 5) is 27.2. The number of rotatable bonds is 6. The Morgan fingerprint density at radius 1 is 1.24 bits per heavy atom. The average molecular weight is 342 g/mol. The average Bonchev–Trinajstić information content (AvgIpc) is 2.63. The molecule has 0 aliphatic carbocycles. The molecule has 3 N–H and O–H groups in total. The molecule has 2 rings (SSSR count). The summed E-state index contributed by atoms with van der Waals surface area (Å²) < 4.78 is 5.25. The lowest BCUT2D eigenvalue weighted by atomic mass is 10.2. The smallest absolute Gasteiger partial charge is 0.329 e. The number of aromatic nitrogens is 1. The molecule has 8 heteroatoms. The molecule has 0 saturated heterocycles. The number of phenols is 1. The first kappa shape index (κ1) is 17.9. The van der Waals surface area contributed by atoms with Crippen molar-refractivity contribution >= 4 is 18.0 Å². The fourth-order valence-corrected chi connectivity index (χ4v) is 1.86. The molecule has 130 valence electrons. The maximum absolute atomic E-state index is 11.7. The maximum Gasteiger partial charge on any atom is 0.329 e. The predicted octanol–water partition coefficient (Wildman–Crippen LogP) is 0.952. The van der Waals surface area contributed by atoms with Crippen molar-refractivity contribution < 1.29 is 19.4 Å². The van der Waals surface area contributed by atoms with Crippen LogP contribution in [0.1, 0.15) is 18.1 Å². The number of phenolic OH excluding ortho intramolecular Hbond substituents is 1. The lowest BCUT2D eigenvalue weighted by Gasteiger charge is -2.06. The van der Waals surface area contributed by atoms with Gasteiger partial charge in [-0.15, -0.1) is 0 Å². The van der Waals surface area contributed by atoms with E-state index in [0.717, 1.165) is 5.56 Å². The summed E-state index contributed by atoms with van der Waals surface area (Å²) >= 11 is 0. The van der Waals surface area contributed by atoms with Crippen LogP contribution in [0.4, 0.5) is 0 Å². The van der Waals surface area contributed by atoms with Crippen LogP contribution in [0.25, 0.3) is 0 Å². The van der Waals surface area contributed by atoms with Gasteiger partial charge in [0.15, 0.2) is 11.5 Å². The first-order chi connectivity index (χ1) is 12.1.